The fourth-order valence-corrected chi connectivity index (χ4v) is 3.44. The molecule has 0 saturated carbocycles. The predicted octanol–water partition coefficient (Wildman–Crippen LogP) is 2.71. The maximum atomic E-state index is 12.0. The highest BCUT2D eigenvalue weighted by molar-refractivity contribution is 9.10. The molecule has 0 aliphatic carbocycles. The molecule has 2 rings (SSSR count). The molecule has 0 radical (unpaired) electrons. The van der Waals surface area contributed by atoms with Crippen molar-refractivity contribution in [3.8, 4) is 0 Å². The van der Waals surface area contributed by atoms with E-state index >= 15 is 0 Å². The summed E-state index contributed by atoms with van der Waals surface area (Å²) in [5.41, 5.74) is 6.55. The van der Waals surface area contributed by atoms with Gasteiger partial charge in [0.15, 0.2) is 0 Å². The van der Waals surface area contributed by atoms with Crippen molar-refractivity contribution in [2.24, 2.45) is 0 Å². The molecule has 0 fully saturated rings. The molecule has 2 aromatic rings. The molecule has 5 nitrogen and oxygen atoms in total. The second-order valence-corrected chi connectivity index (χ2v) is 7.04. The average Bonchev–Trinajstić information content (AvgIpc) is 2.90. The standard InChI is InChI=1S/C16H18BrN3O2S/c1-11-7-8-23-14(11)9-20(2)10-15(21)18-19-16(22)12-5-3-4-6-13(12)17/h3-8H,9-10H2,1-2H3,(H,18,21)(H,19,22). The number of thiophene rings is 1. The van der Waals surface area contributed by atoms with E-state index in [1.54, 1.807) is 29.5 Å². The van der Waals surface area contributed by atoms with Crippen LogP contribution in [0.2, 0.25) is 0 Å². The van der Waals surface area contributed by atoms with Gasteiger partial charge in [-0.15, -0.1) is 11.3 Å². The van der Waals surface area contributed by atoms with Gasteiger partial charge in [0.1, 0.15) is 0 Å². The molecule has 2 N–H and O–H groups in total. The van der Waals surface area contributed by atoms with Gasteiger partial charge in [-0.1, -0.05) is 12.1 Å². The van der Waals surface area contributed by atoms with E-state index in [0.29, 0.717) is 16.6 Å². The summed E-state index contributed by atoms with van der Waals surface area (Å²) in [5.74, 6) is -0.621. The summed E-state index contributed by atoms with van der Waals surface area (Å²) in [5, 5.41) is 2.04. The summed E-state index contributed by atoms with van der Waals surface area (Å²) < 4.78 is 0.678. The number of benzene rings is 1. The van der Waals surface area contributed by atoms with Crippen LogP contribution < -0.4 is 10.9 Å². The summed E-state index contributed by atoms with van der Waals surface area (Å²) in [6.07, 6.45) is 0. The van der Waals surface area contributed by atoms with Crippen LogP contribution in [0.3, 0.4) is 0 Å². The van der Waals surface area contributed by atoms with Crippen LogP contribution in [0.25, 0.3) is 0 Å². The molecule has 122 valence electrons. The van der Waals surface area contributed by atoms with Crippen molar-refractivity contribution < 1.29 is 9.59 Å². The van der Waals surface area contributed by atoms with Crippen LogP contribution in [0.4, 0.5) is 0 Å². The minimum Gasteiger partial charge on any atom is -0.292 e. The first-order valence-corrected chi connectivity index (χ1v) is 8.70. The maximum Gasteiger partial charge on any atom is 0.270 e. The van der Waals surface area contributed by atoms with Crippen molar-refractivity contribution in [1.82, 2.24) is 15.8 Å². The number of carbonyl (C=O) groups is 2. The molecule has 0 bridgehead atoms. The number of nitrogens with one attached hydrogen (secondary N) is 2. The zero-order chi connectivity index (χ0) is 16.8. The number of amides is 2. The average molecular weight is 396 g/mol. The maximum absolute atomic E-state index is 12.0. The monoisotopic (exact) mass is 395 g/mol. The van der Waals surface area contributed by atoms with Crippen molar-refractivity contribution in [3.63, 3.8) is 0 Å². The minimum absolute atomic E-state index is 0.202. The lowest BCUT2D eigenvalue weighted by Gasteiger charge is -2.16. The van der Waals surface area contributed by atoms with Gasteiger partial charge in [-0.2, -0.15) is 0 Å². The third-order valence-electron chi connectivity index (χ3n) is 3.23. The molecule has 2 amide bonds. The van der Waals surface area contributed by atoms with Gasteiger partial charge in [-0.3, -0.25) is 25.3 Å². The van der Waals surface area contributed by atoms with Crippen molar-refractivity contribution in [1.29, 1.82) is 0 Å². The lowest BCUT2D eigenvalue weighted by Crippen LogP contribution is -2.45. The quantitative estimate of drug-likeness (QED) is 0.765. The van der Waals surface area contributed by atoms with Gasteiger partial charge in [-0.25, -0.2) is 0 Å². The largest absolute Gasteiger partial charge is 0.292 e. The number of hydrogen-bond donors (Lipinski definition) is 2. The second kappa shape index (κ2) is 8.24. The lowest BCUT2D eigenvalue weighted by molar-refractivity contribution is -0.122. The molecule has 0 spiro atoms. The zero-order valence-electron chi connectivity index (χ0n) is 12.9. The van der Waals surface area contributed by atoms with Crippen molar-refractivity contribution in [2.45, 2.75) is 13.5 Å². The topological polar surface area (TPSA) is 61.4 Å². The van der Waals surface area contributed by atoms with E-state index in [2.05, 4.69) is 39.8 Å². The van der Waals surface area contributed by atoms with E-state index in [-0.39, 0.29) is 18.4 Å². The van der Waals surface area contributed by atoms with Crippen LogP contribution in [0.15, 0.2) is 40.2 Å². The molecule has 23 heavy (non-hydrogen) atoms. The molecule has 0 saturated heterocycles. The molecule has 1 aromatic carbocycles. The van der Waals surface area contributed by atoms with Gasteiger partial charge in [0, 0.05) is 15.9 Å². The van der Waals surface area contributed by atoms with Crippen LogP contribution in [-0.4, -0.2) is 30.3 Å². The lowest BCUT2D eigenvalue weighted by atomic mass is 10.2. The number of carbonyl (C=O) groups excluding carboxylic acids is 2. The Morgan fingerprint density at radius 1 is 1.22 bits per heavy atom. The van der Waals surface area contributed by atoms with Crippen molar-refractivity contribution >= 4 is 39.1 Å². The fraction of sp³-hybridized carbons (Fsp3) is 0.250. The second-order valence-electron chi connectivity index (χ2n) is 5.18. The predicted molar refractivity (Wildman–Crippen MR) is 95.1 cm³/mol. The number of nitrogens with zero attached hydrogens (tertiary/aromatic N) is 1. The van der Waals surface area contributed by atoms with Crippen LogP contribution >= 0.6 is 27.3 Å². The first kappa shape index (κ1) is 17.7. The van der Waals surface area contributed by atoms with E-state index < -0.39 is 0 Å². The first-order chi connectivity index (χ1) is 11.0. The Hall–Kier alpha value is -1.70. The van der Waals surface area contributed by atoms with Gasteiger partial charge in [0.05, 0.1) is 12.1 Å². The number of hydrazine groups is 1. The molecular weight excluding hydrogens is 378 g/mol. The third kappa shape index (κ3) is 5.16. The van der Waals surface area contributed by atoms with Crippen LogP contribution in [-0.2, 0) is 11.3 Å². The number of likely N-dealkylation sites (N-methyl/N-ethyl adjacent to an activating group) is 1. The molecule has 0 aliphatic rings. The number of halogens is 1. The minimum atomic E-state index is -0.359. The Morgan fingerprint density at radius 3 is 2.61 bits per heavy atom. The fourth-order valence-electron chi connectivity index (χ4n) is 1.99. The third-order valence-corrected chi connectivity index (χ3v) is 4.93. The van der Waals surface area contributed by atoms with E-state index in [4.69, 9.17) is 0 Å². The molecule has 0 aliphatic heterocycles. The van der Waals surface area contributed by atoms with Gasteiger partial charge >= 0.3 is 0 Å². The summed E-state index contributed by atoms with van der Waals surface area (Å²) in [4.78, 5) is 27.0. The Morgan fingerprint density at radius 2 is 1.96 bits per heavy atom. The van der Waals surface area contributed by atoms with E-state index in [1.807, 2.05) is 23.4 Å². The Kier molecular flexibility index (Phi) is 6.32. The van der Waals surface area contributed by atoms with E-state index in [0.717, 1.165) is 0 Å². The Bertz CT molecular complexity index is 702. The number of rotatable bonds is 5. The highest BCUT2D eigenvalue weighted by Gasteiger charge is 2.12. The highest BCUT2D eigenvalue weighted by Crippen LogP contribution is 2.17. The molecular formula is C16H18BrN3O2S. The van der Waals surface area contributed by atoms with Crippen LogP contribution in [0.5, 0.6) is 0 Å². The van der Waals surface area contributed by atoms with E-state index in [1.165, 1.54) is 10.4 Å². The summed E-state index contributed by atoms with van der Waals surface area (Å²) in [6, 6.07) is 9.09. The molecule has 1 aromatic heterocycles. The van der Waals surface area contributed by atoms with Gasteiger partial charge in [-0.05, 0) is 59.0 Å². The highest BCUT2D eigenvalue weighted by atomic mass is 79.9. The smallest absolute Gasteiger partial charge is 0.270 e. The Balaban J connectivity index is 1.80. The molecule has 0 atom stereocenters. The summed E-state index contributed by atoms with van der Waals surface area (Å²) >= 11 is 4.98. The van der Waals surface area contributed by atoms with Crippen LogP contribution in [0, 0.1) is 6.92 Å². The summed E-state index contributed by atoms with van der Waals surface area (Å²) in [7, 11) is 1.87. The van der Waals surface area contributed by atoms with Gasteiger partial charge < -0.3 is 0 Å². The van der Waals surface area contributed by atoms with Crippen molar-refractivity contribution in [3.05, 3.63) is 56.2 Å². The first-order valence-electron chi connectivity index (χ1n) is 7.02. The van der Waals surface area contributed by atoms with E-state index in [9.17, 15) is 9.59 Å². The number of aryl methyl sites for hydroxylation is 1. The molecule has 1 heterocycles. The molecule has 7 heteroatoms. The van der Waals surface area contributed by atoms with Crippen molar-refractivity contribution in [2.75, 3.05) is 13.6 Å². The SMILES string of the molecule is Cc1ccsc1CN(C)CC(=O)NNC(=O)c1ccccc1Br. The van der Waals surface area contributed by atoms with Crippen LogP contribution in [0.1, 0.15) is 20.8 Å². The normalized spacial score (nSPS) is 10.6. The van der Waals surface area contributed by atoms with Gasteiger partial charge in [0.25, 0.3) is 11.8 Å². The Labute approximate surface area is 147 Å². The number of hydrogen-bond acceptors (Lipinski definition) is 4. The summed E-state index contributed by atoms with van der Waals surface area (Å²) in [6.45, 7) is 2.96. The zero-order valence-corrected chi connectivity index (χ0v) is 15.3. The molecule has 0 unspecified atom stereocenters. The van der Waals surface area contributed by atoms with Gasteiger partial charge in [0.2, 0.25) is 0 Å².